The summed E-state index contributed by atoms with van der Waals surface area (Å²) >= 11 is 0. The smallest absolute Gasteiger partial charge is 0.307 e. The predicted molar refractivity (Wildman–Crippen MR) is 68.1 cm³/mol. The van der Waals surface area contributed by atoms with Gasteiger partial charge in [0.25, 0.3) is 0 Å². The largest absolute Gasteiger partial charge is 0.481 e. The summed E-state index contributed by atoms with van der Waals surface area (Å²) in [6.07, 6.45) is 5.81. The SMILES string of the molecule is NCCCCCCN.O=C(O)C1CCC1C(=O)O. The van der Waals surface area contributed by atoms with Crippen LogP contribution < -0.4 is 11.5 Å². The molecule has 0 aliphatic heterocycles. The molecule has 0 aromatic carbocycles. The maximum atomic E-state index is 10.2. The molecule has 0 aromatic heterocycles. The molecule has 0 aromatic rings. The highest BCUT2D eigenvalue weighted by Crippen LogP contribution is 2.34. The average Bonchev–Trinajstić information content (AvgIpc) is 2.22. The standard InChI is InChI=1S/C6H16N2.C6H8O4/c7-5-3-1-2-4-6-8;7-5(8)3-1-2-4(3)6(9)10/h1-8H2;3-4H,1-2H2,(H,7,8)(H,9,10). The summed E-state index contributed by atoms with van der Waals surface area (Å²) in [6, 6.07) is 0. The van der Waals surface area contributed by atoms with Crippen molar-refractivity contribution in [3.8, 4) is 0 Å². The van der Waals surface area contributed by atoms with Crippen LogP contribution in [0.5, 0.6) is 0 Å². The first-order valence-corrected chi connectivity index (χ1v) is 6.40. The van der Waals surface area contributed by atoms with Crippen LogP contribution in [0.1, 0.15) is 38.5 Å². The highest BCUT2D eigenvalue weighted by Gasteiger charge is 2.41. The van der Waals surface area contributed by atoms with Gasteiger partial charge in [-0.05, 0) is 38.8 Å². The van der Waals surface area contributed by atoms with Gasteiger partial charge in [-0.1, -0.05) is 12.8 Å². The Morgan fingerprint density at radius 2 is 1.17 bits per heavy atom. The minimum Gasteiger partial charge on any atom is -0.481 e. The summed E-state index contributed by atoms with van der Waals surface area (Å²) in [7, 11) is 0. The topological polar surface area (TPSA) is 127 Å². The van der Waals surface area contributed by atoms with E-state index in [1.165, 1.54) is 12.8 Å². The molecule has 0 bridgehead atoms. The van der Waals surface area contributed by atoms with Gasteiger partial charge in [0.2, 0.25) is 0 Å². The van der Waals surface area contributed by atoms with Crippen molar-refractivity contribution in [3.63, 3.8) is 0 Å². The Morgan fingerprint density at radius 1 is 0.833 bits per heavy atom. The quantitative estimate of drug-likeness (QED) is 0.498. The van der Waals surface area contributed by atoms with Crippen molar-refractivity contribution >= 4 is 11.9 Å². The van der Waals surface area contributed by atoms with E-state index in [1.54, 1.807) is 0 Å². The average molecular weight is 260 g/mol. The van der Waals surface area contributed by atoms with Crippen molar-refractivity contribution in [2.24, 2.45) is 23.3 Å². The maximum Gasteiger partial charge on any atom is 0.307 e. The monoisotopic (exact) mass is 260 g/mol. The second-order valence-corrected chi connectivity index (χ2v) is 4.46. The van der Waals surface area contributed by atoms with Crippen LogP contribution in [0, 0.1) is 11.8 Å². The highest BCUT2D eigenvalue weighted by molar-refractivity contribution is 5.81. The summed E-state index contributed by atoms with van der Waals surface area (Å²) in [5.41, 5.74) is 10.6. The Labute approximate surface area is 107 Å². The number of hydrogen-bond donors (Lipinski definition) is 4. The molecule has 0 heterocycles. The Bertz CT molecular complexity index is 232. The summed E-state index contributed by atoms with van der Waals surface area (Å²) in [5.74, 6) is -3.26. The lowest BCUT2D eigenvalue weighted by molar-refractivity contribution is -0.160. The van der Waals surface area contributed by atoms with Crippen LogP contribution in [0.2, 0.25) is 0 Å². The number of hydrogen-bond acceptors (Lipinski definition) is 4. The molecule has 2 atom stereocenters. The van der Waals surface area contributed by atoms with Crippen molar-refractivity contribution in [1.82, 2.24) is 0 Å². The third kappa shape index (κ3) is 6.56. The molecule has 0 amide bonds. The normalized spacial score (nSPS) is 21.4. The van der Waals surface area contributed by atoms with Crippen LogP contribution in [-0.4, -0.2) is 35.2 Å². The maximum absolute atomic E-state index is 10.2. The fraction of sp³-hybridized carbons (Fsp3) is 0.833. The highest BCUT2D eigenvalue weighted by atomic mass is 16.4. The third-order valence-electron chi connectivity index (χ3n) is 3.07. The second kappa shape index (κ2) is 9.85. The van der Waals surface area contributed by atoms with Gasteiger partial charge in [0.1, 0.15) is 0 Å². The first kappa shape index (κ1) is 16.9. The van der Waals surface area contributed by atoms with Crippen molar-refractivity contribution in [1.29, 1.82) is 0 Å². The molecule has 0 radical (unpaired) electrons. The molecular weight excluding hydrogens is 236 g/mol. The molecule has 1 aliphatic carbocycles. The second-order valence-electron chi connectivity index (χ2n) is 4.46. The number of carboxylic acid groups (broad SMARTS) is 2. The van der Waals surface area contributed by atoms with Gasteiger partial charge >= 0.3 is 11.9 Å². The molecule has 1 saturated carbocycles. The van der Waals surface area contributed by atoms with Crippen LogP contribution in [-0.2, 0) is 9.59 Å². The van der Waals surface area contributed by atoms with Gasteiger partial charge in [0, 0.05) is 0 Å². The molecule has 6 nitrogen and oxygen atoms in total. The van der Waals surface area contributed by atoms with Crippen LogP contribution in [0.3, 0.4) is 0 Å². The zero-order chi connectivity index (χ0) is 14.0. The lowest BCUT2D eigenvalue weighted by Crippen LogP contribution is -2.37. The minimum absolute atomic E-state index is 0.506. The van der Waals surface area contributed by atoms with Crippen LogP contribution in [0.4, 0.5) is 0 Å². The van der Waals surface area contributed by atoms with Crippen LogP contribution in [0.15, 0.2) is 0 Å². The Kier molecular flexibility index (Phi) is 9.22. The summed E-state index contributed by atoms with van der Waals surface area (Å²) in [5, 5.41) is 16.8. The van der Waals surface area contributed by atoms with E-state index in [4.69, 9.17) is 21.7 Å². The fourth-order valence-corrected chi connectivity index (χ4v) is 1.73. The summed E-state index contributed by atoms with van der Waals surface area (Å²) in [4.78, 5) is 20.5. The molecule has 6 N–H and O–H groups in total. The van der Waals surface area contributed by atoms with Crippen molar-refractivity contribution in [2.45, 2.75) is 38.5 Å². The van der Waals surface area contributed by atoms with Gasteiger partial charge in [-0.3, -0.25) is 9.59 Å². The predicted octanol–water partition coefficient (Wildman–Crippen LogP) is 0.646. The van der Waals surface area contributed by atoms with Gasteiger partial charge in [0.15, 0.2) is 0 Å². The van der Waals surface area contributed by atoms with Crippen molar-refractivity contribution in [2.75, 3.05) is 13.1 Å². The number of unbranched alkanes of at least 4 members (excludes halogenated alkanes) is 3. The van der Waals surface area contributed by atoms with E-state index < -0.39 is 23.8 Å². The van der Waals surface area contributed by atoms with E-state index in [0.29, 0.717) is 12.8 Å². The lowest BCUT2D eigenvalue weighted by atomic mass is 9.74. The first-order valence-electron chi connectivity index (χ1n) is 6.40. The van der Waals surface area contributed by atoms with Gasteiger partial charge in [-0.15, -0.1) is 0 Å². The van der Waals surface area contributed by atoms with Gasteiger partial charge in [-0.25, -0.2) is 0 Å². The van der Waals surface area contributed by atoms with E-state index >= 15 is 0 Å². The molecule has 18 heavy (non-hydrogen) atoms. The van der Waals surface area contributed by atoms with E-state index in [1.807, 2.05) is 0 Å². The van der Waals surface area contributed by atoms with E-state index in [2.05, 4.69) is 0 Å². The molecule has 6 heteroatoms. The minimum atomic E-state index is -0.987. The zero-order valence-electron chi connectivity index (χ0n) is 10.7. The van der Waals surface area contributed by atoms with Crippen molar-refractivity contribution in [3.05, 3.63) is 0 Å². The van der Waals surface area contributed by atoms with Gasteiger partial charge in [0.05, 0.1) is 11.8 Å². The molecule has 1 aliphatic rings. The number of rotatable bonds is 7. The number of carbonyl (C=O) groups is 2. The number of aliphatic carboxylic acids is 2. The first-order chi connectivity index (χ1) is 8.54. The summed E-state index contributed by atoms with van der Waals surface area (Å²) < 4.78 is 0. The molecule has 2 unspecified atom stereocenters. The zero-order valence-corrected chi connectivity index (χ0v) is 10.7. The van der Waals surface area contributed by atoms with E-state index in [0.717, 1.165) is 25.9 Å². The Balaban J connectivity index is 0.000000331. The molecule has 1 rings (SSSR count). The Morgan fingerprint density at radius 3 is 1.33 bits per heavy atom. The van der Waals surface area contributed by atoms with E-state index in [9.17, 15) is 9.59 Å². The molecule has 1 fully saturated rings. The van der Waals surface area contributed by atoms with Gasteiger partial charge < -0.3 is 21.7 Å². The van der Waals surface area contributed by atoms with Crippen LogP contribution in [0.25, 0.3) is 0 Å². The van der Waals surface area contributed by atoms with Crippen molar-refractivity contribution < 1.29 is 19.8 Å². The Hall–Kier alpha value is -1.14. The van der Waals surface area contributed by atoms with Gasteiger partial charge in [-0.2, -0.15) is 0 Å². The summed E-state index contributed by atoms with van der Waals surface area (Å²) in [6.45, 7) is 1.65. The molecular formula is C12H24N2O4. The van der Waals surface area contributed by atoms with Crippen LogP contribution >= 0.6 is 0 Å². The van der Waals surface area contributed by atoms with E-state index in [-0.39, 0.29) is 0 Å². The number of nitrogens with two attached hydrogens (primary N) is 2. The third-order valence-corrected chi connectivity index (χ3v) is 3.07. The lowest BCUT2D eigenvalue weighted by Gasteiger charge is -2.29. The molecule has 0 spiro atoms. The fourth-order valence-electron chi connectivity index (χ4n) is 1.73. The molecule has 0 saturated heterocycles. The molecule has 106 valence electrons. The number of carboxylic acids is 2.